The van der Waals surface area contributed by atoms with E-state index in [0.717, 1.165) is 22.3 Å². The summed E-state index contributed by atoms with van der Waals surface area (Å²) < 4.78 is 0. The molecule has 0 bridgehead atoms. The van der Waals surface area contributed by atoms with Crippen LogP contribution in [0.5, 0.6) is 0 Å². The van der Waals surface area contributed by atoms with Crippen LogP contribution in [0.3, 0.4) is 0 Å². The Morgan fingerprint density at radius 3 is 1.28 bits per heavy atom. The molecule has 0 aliphatic carbocycles. The molecule has 0 aromatic heterocycles. The summed E-state index contributed by atoms with van der Waals surface area (Å²) in [5.41, 5.74) is 2.65. The fraction of sp³-hybridized carbons (Fsp3) is 0.520. The minimum atomic E-state index is -1.18. The first-order valence-electron chi connectivity index (χ1n) is 11.2. The van der Waals surface area contributed by atoms with Gasteiger partial charge in [0.1, 0.15) is 17.5 Å². The average Bonchev–Trinajstić information content (AvgIpc) is 2.71. The Hall–Kier alpha value is -2.80. The molecule has 1 aliphatic rings. The summed E-state index contributed by atoms with van der Waals surface area (Å²) in [6.07, 6.45) is 0. The highest BCUT2D eigenvalue weighted by Gasteiger charge is 2.62. The predicted octanol–water partition coefficient (Wildman–Crippen LogP) is 5.64. The van der Waals surface area contributed by atoms with Crippen LogP contribution in [0.2, 0.25) is 0 Å². The Morgan fingerprint density at radius 1 is 0.719 bits per heavy atom. The van der Waals surface area contributed by atoms with Gasteiger partial charge in [-0.3, -0.25) is 25.5 Å². The van der Waals surface area contributed by atoms with Crippen molar-refractivity contribution >= 4 is 0 Å². The van der Waals surface area contributed by atoms with Crippen molar-refractivity contribution < 1.29 is 9.85 Å². The Balaban J connectivity index is 2.10. The van der Waals surface area contributed by atoms with Crippen molar-refractivity contribution in [2.24, 2.45) is 5.41 Å². The number of piperidine rings is 1. The molecule has 0 spiro atoms. The molecular weight excluding hydrogens is 406 g/mol. The number of nitrogens with zero attached hydrogens (tertiary/aromatic N) is 2. The lowest BCUT2D eigenvalue weighted by Gasteiger charge is -2.44. The SMILES string of the molecule is CC(C)c1ccc([C@H]2N[C@H](c3ccc(C(C)C)cc3)[C@@H]([N+](=O)[O-])C(C)(C)[C@H]2[N+](=O)[O-])cc1. The number of rotatable bonds is 6. The molecule has 1 saturated heterocycles. The Morgan fingerprint density at radius 2 is 1.03 bits per heavy atom. The molecule has 1 fully saturated rings. The van der Waals surface area contributed by atoms with Gasteiger partial charge in [-0.2, -0.15) is 0 Å². The van der Waals surface area contributed by atoms with Gasteiger partial charge in [0.05, 0.1) is 0 Å². The molecule has 0 saturated carbocycles. The van der Waals surface area contributed by atoms with Crippen LogP contribution in [0.25, 0.3) is 0 Å². The average molecular weight is 440 g/mol. The van der Waals surface area contributed by atoms with Gasteiger partial charge in [0.15, 0.2) is 0 Å². The summed E-state index contributed by atoms with van der Waals surface area (Å²) in [6.45, 7) is 11.7. The van der Waals surface area contributed by atoms with Crippen molar-refractivity contribution in [2.75, 3.05) is 0 Å². The first kappa shape index (κ1) is 23.9. The second kappa shape index (κ2) is 8.98. The topological polar surface area (TPSA) is 98.3 Å². The molecule has 1 heterocycles. The van der Waals surface area contributed by atoms with E-state index in [9.17, 15) is 20.2 Å². The third-order valence-electron chi connectivity index (χ3n) is 6.89. The van der Waals surface area contributed by atoms with Gasteiger partial charge in [-0.25, -0.2) is 0 Å². The van der Waals surface area contributed by atoms with Crippen LogP contribution in [0.1, 0.15) is 87.7 Å². The van der Waals surface area contributed by atoms with Crippen molar-refractivity contribution in [1.29, 1.82) is 0 Å². The first-order valence-corrected chi connectivity index (χ1v) is 11.2. The smallest absolute Gasteiger partial charge is 0.243 e. The van der Waals surface area contributed by atoms with Crippen molar-refractivity contribution in [3.63, 3.8) is 0 Å². The molecule has 1 aliphatic heterocycles. The molecule has 172 valence electrons. The molecule has 3 rings (SSSR count). The van der Waals surface area contributed by atoms with E-state index in [2.05, 4.69) is 33.0 Å². The van der Waals surface area contributed by atoms with Gasteiger partial charge >= 0.3 is 0 Å². The number of nitrogens with one attached hydrogen (secondary N) is 1. The lowest BCUT2D eigenvalue weighted by Crippen LogP contribution is -2.63. The summed E-state index contributed by atoms with van der Waals surface area (Å²) in [4.78, 5) is 23.7. The fourth-order valence-corrected chi connectivity index (χ4v) is 4.93. The van der Waals surface area contributed by atoms with Crippen LogP contribution in [-0.4, -0.2) is 21.9 Å². The van der Waals surface area contributed by atoms with Crippen molar-refractivity contribution in [1.82, 2.24) is 5.32 Å². The van der Waals surface area contributed by atoms with Crippen molar-refractivity contribution in [3.05, 3.63) is 91.0 Å². The quantitative estimate of drug-likeness (QED) is 0.464. The van der Waals surface area contributed by atoms with E-state index < -0.39 is 29.6 Å². The molecule has 4 atom stereocenters. The lowest BCUT2D eigenvalue weighted by molar-refractivity contribution is -0.605. The van der Waals surface area contributed by atoms with Crippen LogP contribution < -0.4 is 5.32 Å². The maximum atomic E-state index is 12.2. The van der Waals surface area contributed by atoms with Gasteiger partial charge < -0.3 is 0 Å². The Labute approximate surface area is 189 Å². The monoisotopic (exact) mass is 439 g/mol. The van der Waals surface area contributed by atoms with Crippen LogP contribution in [0.4, 0.5) is 0 Å². The highest BCUT2D eigenvalue weighted by molar-refractivity contribution is 5.33. The molecule has 2 aromatic carbocycles. The third-order valence-corrected chi connectivity index (χ3v) is 6.89. The van der Waals surface area contributed by atoms with E-state index in [4.69, 9.17) is 0 Å². The third kappa shape index (κ3) is 4.39. The van der Waals surface area contributed by atoms with E-state index in [1.54, 1.807) is 13.8 Å². The standard InChI is InChI=1S/C25H33N3O4/c1-15(2)17-7-11-19(12-8-17)21-23(27(29)30)25(5,6)24(28(31)32)22(26-21)20-13-9-18(10-14-20)16(3)4/h7-16,21-24,26H,1-6H3/t21-,22-,23-,24+/m1/s1. The molecule has 2 aromatic rings. The van der Waals surface area contributed by atoms with Gasteiger partial charge in [-0.1, -0.05) is 76.2 Å². The van der Waals surface area contributed by atoms with Gasteiger partial charge in [-0.05, 0) is 47.9 Å². The number of benzene rings is 2. The zero-order chi connectivity index (χ0) is 23.8. The van der Waals surface area contributed by atoms with Gasteiger partial charge in [0.2, 0.25) is 12.1 Å². The molecule has 0 radical (unpaired) electrons. The van der Waals surface area contributed by atoms with Crippen LogP contribution in [0, 0.1) is 25.6 Å². The molecule has 32 heavy (non-hydrogen) atoms. The normalized spacial score (nSPS) is 25.1. The van der Waals surface area contributed by atoms with Crippen molar-refractivity contribution in [3.8, 4) is 0 Å². The van der Waals surface area contributed by atoms with Crippen molar-refractivity contribution in [2.45, 2.75) is 77.5 Å². The Bertz CT molecular complexity index is 890. The summed E-state index contributed by atoms with van der Waals surface area (Å²) in [7, 11) is 0. The van der Waals surface area contributed by atoms with E-state index in [1.807, 2.05) is 48.5 Å². The van der Waals surface area contributed by atoms with Crippen LogP contribution >= 0.6 is 0 Å². The Kier molecular flexibility index (Phi) is 6.69. The van der Waals surface area contributed by atoms with Crippen LogP contribution in [0.15, 0.2) is 48.5 Å². The first-order chi connectivity index (χ1) is 14.9. The minimum absolute atomic E-state index is 0.345. The molecule has 7 nitrogen and oxygen atoms in total. The number of hydrogen-bond donors (Lipinski definition) is 1. The molecular formula is C25H33N3O4. The zero-order valence-electron chi connectivity index (χ0n) is 19.6. The van der Waals surface area contributed by atoms with E-state index in [0.29, 0.717) is 11.8 Å². The molecule has 0 unspecified atom stereocenters. The second-order valence-corrected chi connectivity index (χ2v) is 10.0. The summed E-state index contributed by atoms with van der Waals surface area (Å²) in [6, 6.07) is 12.0. The summed E-state index contributed by atoms with van der Waals surface area (Å²) in [5.74, 6) is 0.689. The van der Waals surface area contributed by atoms with E-state index in [-0.39, 0.29) is 9.85 Å². The second-order valence-electron chi connectivity index (χ2n) is 10.0. The largest absolute Gasteiger partial charge is 0.291 e. The van der Waals surface area contributed by atoms with E-state index >= 15 is 0 Å². The van der Waals surface area contributed by atoms with Gasteiger partial charge in [0, 0.05) is 9.85 Å². The number of nitro groups is 2. The highest BCUT2D eigenvalue weighted by Crippen LogP contribution is 2.47. The summed E-state index contributed by atoms with van der Waals surface area (Å²) in [5, 5.41) is 27.7. The number of hydrogen-bond acceptors (Lipinski definition) is 5. The zero-order valence-corrected chi connectivity index (χ0v) is 19.6. The van der Waals surface area contributed by atoms with E-state index in [1.165, 1.54) is 0 Å². The maximum Gasteiger partial charge on any atom is 0.243 e. The van der Waals surface area contributed by atoms with Crippen LogP contribution in [-0.2, 0) is 0 Å². The fourth-order valence-electron chi connectivity index (χ4n) is 4.93. The predicted molar refractivity (Wildman–Crippen MR) is 125 cm³/mol. The molecule has 1 N–H and O–H groups in total. The highest BCUT2D eigenvalue weighted by atomic mass is 16.6. The molecule has 7 heteroatoms. The van der Waals surface area contributed by atoms with Gasteiger partial charge in [0.25, 0.3) is 0 Å². The van der Waals surface area contributed by atoms with Gasteiger partial charge in [-0.15, -0.1) is 0 Å². The maximum absolute atomic E-state index is 12.2. The lowest BCUT2D eigenvalue weighted by atomic mass is 9.66. The summed E-state index contributed by atoms with van der Waals surface area (Å²) >= 11 is 0. The molecule has 0 amide bonds. The minimum Gasteiger partial charge on any atom is -0.291 e.